The van der Waals surface area contributed by atoms with Crippen molar-refractivity contribution in [1.29, 1.82) is 5.26 Å². The lowest BCUT2D eigenvalue weighted by atomic mass is 9.92. The zero-order valence-corrected chi connectivity index (χ0v) is 24.9. The maximum absolute atomic E-state index is 12.8. The molecule has 3 N–H and O–H groups in total. The number of likely N-dealkylation sites (tertiary alicyclic amines) is 1. The molecule has 41 heavy (non-hydrogen) atoms. The monoisotopic (exact) mass is 593 g/mol. The third kappa shape index (κ3) is 9.58. The zero-order valence-electron chi connectivity index (χ0n) is 23.4. The Morgan fingerprint density at radius 2 is 1.80 bits per heavy atom. The summed E-state index contributed by atoms with van der Waals surface area (Å²) >= 11 is 6.14. The summed E-state index contributed by atoms with van der Waals surface area (Å²) in [6, 6.07) is 23.1. The van der Waals surface area contributed by atoms with Crippen molar-refractivity contribution >= 4 is 33.3 Å². The van der Waals surface area contributed by atoms with Gasteiger partial charge in [0.05, 0.1) is 17.9 Å². The standard InChI is InChI=1S/C31H36ClN5O3S/c1-22-16-28(32)19-30(17-22)35-31(38)34-21-27(10-13-37-14-11-29(12-15-37)36-41(2,39)40)25-8-6-24(7-9-25)26-5-3-4-23(18-26)20-33/h3-9,16-19,27,29,36H,10-15,21H2,1-2H3,(H2,34,35,38). The minimum absolute atomic E-state index is 0.0235. The van der Waals surface area contributed by atoms with Crippen LogP contribution in [-0.2, 0) is 10.0 Å². The highest BCUT2D eigenvalue weighted by atomic mass is 35.5. The summed E-state index contributed by atoms with van der Waals surface area (Å²) in [5, 5.41) is 15.7. The maximum Gasteiger partial charge on any atom is 0.319 e. The number of sulfonamides is 1. The number of carbonyl (C=O) groups excluding carboxylic acids is 1. The molecule has 0 aromatic heterocycles. The van der Waals surface area contributed by atoms with E-state index in [9.17, 15) is 18.5 Å². The largest absolute Gasteiger partial charge is 0.337 e. The normalized spacial score (nSPS) is 15.2. The molecule has 2 amide bonds. The number of urea groups is 1. The number of anilines is 1. The highest BCUT2D eigenvalue weighted by molar-refractivity contribution is 7.88. The highest BCUT2D eigenvalue weighted by Crippen LogP contribution is 2.26. The Hall–Kier alpha value is -3.42. The van der Waals surface area contributed by atoms with E-state index in [1.807, 2.05) is 37.3 Å². The van der Waals surface area contributed by atoms with Crippen molar-refractivity contribution in [3.8, 4) is 17.2 Å². The number of nitrogens with zero attached hydrogens (tertiary/aromatic N) is 2. The minimum Gasteiger partial charge on any atom is -0.337 e. The molecule has 1 aliphatic rings. The van der Waals surface area contributed by atoms with Crippen LogP contribution in [0.5, 0.6) is 0 Å². The molecule has 3 aromatic carbocycles. The molecule has 3 aromatic rings. The molecule has 216 valence electrons. The fourth-order valence-electron chi connectivity index (χ4n) is 5.22. The molecule has 10 heteroatoms. The molecular formula is C31H36ClN5O3S. The van der Waals surface area contributed by atoms with E-state index < -0.39 is 10.0 Å². The third-order valence-electron chi connectivity index (χ3n) is 7.28. The van der Waals surface area contributed by atoms with Gasteiger partial charge in [-0.25, -0.2) is 17.9 Å². The maximum atomic E-state index is 12.8. The molecule has 1 unspecified atom stereocenters. The van der Waals surface area contributed by atoms with E-state index in [1.165, 1.54) is 6.26 Å². The van der Waals surface area contributed by atoms with Crippen molar-refractivity contribution in [1.82, 2.24) is 14.9 Å². The Morgan fingerprint density at radius 1 is 1.07 bits per heavy atom. The number of halogens is 1. The van der Waals surface area contributed by atoms with Crippen LogP contribution < -0.4 is 15.4 Å². The molecule has 1 aliphatic heterocycles. The Balaban J connectivity index is 1.42. The lowest BCUT2D eigenvalue weighted by Gasteiger charge is -2.33. The van der Waals surface area contributed by atoms with Crippen LogP contribution in [0.4, 0.5) is 10.5 Å². The lowest BCUT2D eigenvalue weighted by molar-refractivity contribution is 0.200. The van der Waals surface area contributed by atoms with Crippen LogP contribution >= 0.6 is 11.6 Å². The van der Waals surface area contributed by atoms with Crippen LogP contribution in [0.3, 0.4) is 0 Å². The number of nitrogens with one attached hydrogen (secondary N) is 3. The van der Waals surface area contributed by atoms with Crippen LogP contribution in [0, 0.1) is 18.3 Å². The molecule has 4 rings (SSSR count). The summed E-state index contributed by atoms with van der Waals surface area (Å²) in [5.74, 6) is 0.0632. The predicted octanol–water partition coefficient (Wildman–Crippen LogP) is 5.50. The summed E-state index contributed by atoms with van der Waals surface area (Å²) in [4.78, 5) is 15.1. The van der Waals surface area contributed by atoms with Gasteiger partial charge in [-0.3, -0.25) is 0 Å². The second-order valence-corrected chi connectivity index (χ2v) is 12.9. The van der Waals surface area contributed by atoms with Crippen LogP contribution in [0.1, 0.15) is 41.9 Å². The van der Waals surface area contributed by atoms with Crippen molar-refractivity contribution in [2.75, 3.05) is 37.8 Å². The van der Waals surface area contributed by atoms with Gasteiger partial charge in [0.15, 0.2) is 0 Å². The van der Waals surface area contributed by atoms with Gasteiger partial charge in [0.25, 0.3) is 0 Å². The van der Waals surface area contributed by atoms with Crippen LogP contribution in [0.25, 0.3) is 11.1 Å². The summed E-state index contributed by atoms with van der Waals surface area (Å²) in [6.45, 7) is 4.83. The number of rotatable bonds is 10. The van der Waals surface area contributed by atoms with Crippen molar-refractivity contribution in [3.63, 3.8) is 0 Å². The first kappa shape index (κ1) is 30.5. The molecule has 1 atom stereocenters. The van der Waals surface area contributed by atoms with Crippen molar-refractivity contribution < 1.29 is 13.2 Å². The fourth-order valence-corrected chi connectivity index (χ4v) is 6.35. The number of hydrogen-bond acceptors (Lipinski definition) is 5. The van der Waals surface area contributed by atoms with E-state index in [-0.39, 0.29) is 18.0 Å². The van der Waals surface area contributed by atoms with Crippen LogP contribution in [-0.4, -0.2) is 57.8 Å². The number of carbonyl (C=O) groups is 1. The molecule has 1 heterocycles. The van der Waals surface area contributed by atoms with Gasteiger partial charge < -0.3 is 15.5 Å². The van der Waals surface area contributed by atoms with Crippen LogP contribution in [0.15, 0.2) is 66.7 Å². The Kier molecular flexibility index (Phi) is 10.4. The number of hydrogen-bond donors (Lipinski definition) is 3. The Labute approximate surface area is 247 Å². The molecule has 1 fully saturated rings. The predicted molar refractivity (Wildman–Crippen MR) is 165 cm³/mol. The topological polar surface area (TPSA) is 114 Å². The quantitative estimate of drug-likeness (QED) is 0.287. The summed E-state index contributed by atoms with van der Waals surface area (Å²) < 4.78 is 25.9. The van der Waals surface area contributed by atoms with Gasteiger partial charge in [0, 0.05) is 29.2 Å². The van der Waals surface area contributed by atoms with Gasteiger partial charge in [-0.15, -0.1) is 0 Å². The van der Waals surface area contributed by atoms with Gasteiger partial charge in [-0.2, -0.15) is 5.26 Å². The third-order valence-corrected chi connectivity index (χ3v) is 8.26. The molecule has 0 radical (unpaired) electrons. The first-order valence-electron chi connectivity index (χ1n) is 13.7. The van der Waals surface area contributed by atoms with E-state index in [0.717, 1.165) is 61.2 Å². The number of piperidine rings is 1. The zero-order chi connectivity index (χ0) is 29.4. The number of aryl methyl sites for hydroxylation is 1. The number of amides is 2. The molecule has 0 spiro atoms. The van der Waals surface area contributed by atoms with Gasteiger partial charge >= 0.3 is 6.03 Å². The average molecular weight is 594 g/mol. The first-order chi connectivity index (χ1) is 19.6. The summed E-state index contributed by atoms with van der Waals surface area (Å²) in [7, 11) is -3.21. The second kappa shape index (κ2) is 14.0. The smallest absolute Gasteiger partial charge is 0.319 e. The van der Waals surface area contributed by atoms with Crippen molar-refractivity contribution in [2.24, 2.45) is 0 Å². The minimum atomic E-state index is -3.21. The molecule has 1 saturated heterocycles. The number of nitriles is 1. The van der Waals surface area contributed by atoms with Crippen LogP contribution in [0.2, 0.25) is 5.02 Å². The molecule has 0 saturated carbocycles. The summed E-state index contributed by atoms with van der Waals surface area (Å²) in [5.41, 5.74) is 5.32. The molecule has 0 bridgehead atoms. The van der Waals surface area contributed by atoms with E-state index in [4.69, 9.17) is 11.6 Å². The SMILES string of the molecule is Cc1cc(Cl)cc(NC(=O)NCC(CCN2CCC(NS(C)(=O)=O)CC2)c2ccc(-c3cccc(C#N)c3)cc2)c1. The van der Waals surface area contributed by atoms with Gasteiger partial charge in [-0.1, -0.05) is 48.0 Å². The van der Waals surface area contributed by atoms with Gasteiger partial charge in [0.1, 0.15) is 0 Å². The highest BCUT2D eigenvalue weighted by Gasteiger charge is 2.23. The Bertz CT molecular complexity index is 1480. The first-order valence-corrected chi connectivity index (χ1v) is 16.0. The van der Waals surface area contributed by atoms with E-state index in [2.05, 4.69) is 50.6 Å². The fraction of sp³-hybridized carbons (Fsp3) is 0.355. The van der Waals surface area contributed by atoms with Crippen molar-refractivity contribution in [2.45, 2.75) is 38.1 Å². The van der Waals surface area contributed by atoms with Gasteiger partial charge in [-0.05, 0) is 98.4 Å². The summed E-state index contributed by atoms with van der Waals surface area (Å²) in [6.07, 6.45) is 3.57. The molecule has 8 nitrogen and oxygen atoms in total. The average Bonchev–Trinajstić information content (AvgIpc) is 2.93. The van der Waals surface area contributed by atoms with E-state index in [1.54, 1.807) is 12.1 Å². The second-order valence-electron chi connectivity index (χ2n) is 10.7. The molecule has 0 aliphatic carbocycles. The van der Waals surface area contributed by atoms with E-state index >= 15 is 0 Å². The molecular weight excluding hydrogens is 558 g/mol. The van der Waals surface area contributed by atoms with Gasteiger partial charge in [0.2, 0.25) is 10.0 Å². The van der Waals surface area contributed by atoms with E-state index in [0.29, 0.717) is 22.8 Å². The lowest BCUT2D eigenvalue weighted by Crippen LogP contribution is -2.44. The Morgan fingerprint density at radius 3 is 2.46 bits per heavy atom. The van der Waals surface area contributed by atoms with Crippen molar-refractivity contribution in [3.05, 3.63) is 88.4 Å². The number of benzene rings is 3.